The zero-order valence-corrected chi connectivity index (χ0v) is 21.2. The van der Waals surface area contributed by atoms with Crippen molar-refractivity contribution in [3.05, 3.63) is 77.9 Å². The molecular weight excluding hydrogens is 468 g/mol. The summed E-state index contributed by atoms with van der Waals surface area (Å²) in [6.07, 6.45) is 5.15. The summed E-state index contributed by atoms with van der Waals surface area (Å²) in [5, 5.41) is 2.92. The number of rotatable bonds is 8. The number of methoxy groups -OCH3 is 2. The topological polar surface area (TPSA) is 77.1 Å². The molecule has 2 fully saturated rings. The third-order valence-electron chi connectivity index (χ3n) is 7.15. The number of hydrogen-bond acceptors (Lipinski definition) is 5. The van der Waals surface area contributed by atoms with Crippen molar-refractivity contribution in [1.29, 1.82) is 0 Å². The van der Waals surface area contributed by atoms with E-state index in [-0.39, 0.29) is 23.8 Å². The highest BCUT2D eigenvalue weighted by atomic mass is 16.5. The van der Waals surface area contributed by atoms with E-state index in [0.29, 0.717) is 30.0 Å². The van der Waals surface area contributed by atoms with Crippen LogP contribution in [0.4, 0.5) is 11.4 Å². The lowest BCUT2D eigenvalue weighted by molar-refractivity contribution is -0.117. The van der Waals surface area contributed by atoms with Gasteiger partial charge in [0.1, 0.15) is 5.75 Å². The summed E-state index contributed by atoms with van der Waals surface area (Å²) in [7, 11) is 3.24. The van der Waals surface area contributed by atoms with Crippen molar-refractivity contribution in [3.63, 3.8) is 0 Å². The largest absolute Gasteiger partial charge is 0.497 e. The highest BCUT2D eigenvalue weighted by molar-refractivity contribution is 6.05. The molecule has 37 heavy (non-hydrogen) atoms. The van der Waals surface area contributed by atoms with Crippen LogP contribution in [0.3, 0.4) is 0 Å². The number of hydrogen-bond donors (Lipinski definition) is 1. The second-order valence-electron chi connectivity index (χ2n) is 9.57. The average Bonchev–Trinajstić information content (AvgIpc) is 3.58. The first-order chi connectivity index (χ1) is 18.0. The van der Waals surface area contributed by atoms with E-state index >= 15 is 0 Å². The number of ether oxygens (including phenoxy) is 3. The smallest absolute Gasteiger partial charge is 0.255 e. The number of carbonyl (C=O) groups excluding carboxylic acids is 2. The molecule has 0 radical (unpaired) electrons. The fourth-order valence-electron chi connectivity index (χ4n) is 5.10. The number of nitrogens with zero attached hydrogens (tertiary/aromatic N) is 1. The monoisotopic (exact) mass is 500 g/mol. The van der Waals surface area contributed by atoms with Gasteiger partial charge in [0, 0.05) is 35.8 Å². The van der Waals surface area contributed by atoms with Crippen molar-refractivity contribution in [2.24, 2.45) is 0 Å². The van der Waals surface area contributed by atoms with Gasteiger partial charge in [-0.15, -0.1) is 0 Å². The highest BCUT2D eigenvalue weighted by Gasteiger charge is 2.32. The van der Waals surface area contributed by atoms with E-state index in [1.54, 1.807) is 43.4 Å². The van der Waals surface area contributed by atoms with E-state index in [1.165, 1.54) is 12.8 Å². The quantitative estimate of drug-likeness (QED) is 0.423. The second-order valence-corrected chi connectivity index (χ2v) is 9.57. The minimum atomic E-state index is -0.224. The summed E-state index contributed by atoms with van der Waals surface area (Å²) in [6.45, 7) is 0.559. The molecule has 7 nitrogen and oxygen atoms in total. The number of carbonyl (C=O) groups is 2. The second kappa shape index (κ2) is 10.9. The molecule has 192 valence electrons. The molecule has 1 saturated heterocycles. The van der Waals surface area contributed by atoms with Crippen LogP contribution in [0, 0.1) is 0 Å². The van der Waals surface area contributed by atoms with Crippen molar-refractivity contribution >= 4 is 23.2 Å². The SMILES string of the molecule is COc1ccc(C(=O)Nc2cccc(N3CC(c4ccc(OC)c(OC5CCCC5)c4)CC3=O)c2)cc1. The molecule has 0 aromatic heterocycles. The van der Waals surface area contributed by atoms with Crippen LogP contribution in [0.1, 0.15) is 53.9 Å². The van der Waals surface area contributed by atoms with Gasteiger partial charge < -0.3 is 24.4 Å². The van der Waals surface area contributed by atoms with Crippen molar-refractivity contribution in [2.45, 2.75) is 44.1 Å². The molecular formula is C30H32N2O5. The molecule has 1 N–H and O–H groups in total. The van der Waals surface area contributed by atoms with Crippen molar-refractivity contribution in [3.8, 4) is 17.2 Å². The van der Waals surface area contributed by atoms with Gasteiger partial charge in [-0.1, -0.05) is 12.1 Å². The molecule has 0 spiro atoms. The summed E-state index contributed by atoms with van der Waals surface area (Å²) in [5.41, 5.74) is 2.98. The van der Waals surface area contributed by atoms with E-state index in [2.05, 4.69) is 5.32 Å². The summed E-state index contributed by atoms with van der Waals surface area (Å²) in [6, 6.07) is 20.3. The Morgan fingerprint density at radius 3 is 2.43 bits per heavy atom. The Hall–Kier alpha value is -4.00. The lowest BCUT2D eigenvalue weighted by atomic mass is 9.98. The van der Waals surface area contributed by atoms with Gasteiger partial charge >= 0.3 is 0 Å². The Morgan fingerprint density at radius 2 is 1.70 bits per heavy atom. The molecule has 1 aliphatic heterocycles. The molecule has 1 aliphatic carbocycles. The van der Waals surface area contributed by atoms with Crippen LogP contribution in [0.25, 0.3) is 0 Å². The predicted octanol–water partition coefficient (Wildman–Crippen LogP) is 5.80. The Kier molecular flexibility index (Phi) is 7.30. The molecule has 1 unspecified atom stereocenters. The van der Waals surface area contributed by atoms with Gasteiger partial charge in [0.05, 0.1) is 20.3 Å². The van der Waals surface area contributed by atoms with E-state index in [0.717, 1.165) is 35.6 Å². The molecule has 3 aromatic rings. The average molecular weight is 501 g/mol. The summed E-state index contributed by atoms with van der Waals surface area (Å²) >= 11 is 0. The Bertz CT molecular complexity index is 1270. The van der Waals surface area contributed by atoms with Gasteiger partial charge in [-0.2, -0.15) is 0 Å². The minimum Gasteiger partial charge on any atom is -0.497 e. The van der Waals surface area contributed by atoms with Crippen LogP contribution in [0.2, 0.25) is 0 Å². The standard InChI is InChI=1S/C30H32N2O5/c1-35-25-13-10-20(11-14-25)30(34)31-23-6-5-7-24(18-23)32-19-22(17-29(32)33)21-12-15-27(36-2)28(16-21)37-26-8-3-4-9-26/h5-7,10-16,18,22,26H,3-4,8-9,17,19H2,1-2H3,(H,31,34). The van der Waals surface area contributed by atoms with E-state index in [4.69, 9.17) is 14.2 Å². The number of benzene rings is 3. The van der Waals surface area contributed by atoms with Gasteiger partial charge in [-0.05, 0) is 85.8 Å². The van der Waals surface area contributed by atoms with Crippen molar-refractivity contribution < 1.29 is 23.8 Å². The maximum absolute atomic E-state index is 13.0. The molecule has 2 aliphatic rings. The van der Waals surface area contributed by atoms with Gasteiger partial charge in [0.25, 0.3) is 5.91 Å². The van der Waals surface area contributed by atoms with Gasteiger partial charge in [-0.25, -0.2) is 0 Å². The number of amides is 2. The van der Waals surface area contributed by atoms with Crippen LogP contribution in [-0.4, -0.2) is 38.7 Å². The van der Waals surface area contributed by atoms with E-state index in [1.807, 2.05) is 42.5 Å². The summed E-state index contributed by atoms with van der Waals surface area (Å²) in [5.74, 6) is 2.03. The zero-order valence-electron chi connectivity index (χ0n) is 21.2. The third-order valence-corrected chi connectivity index (χ3v) is 7.15. The van der Waals surface area contributed by atoms with Gasteiger partial charge in [0.2, 0.25) is 5.91 Å². The lowest BCUT2D eigenvalue weighted by Crippen LogP contribution is -2.24. The van der Waals surface area contributed by atoms with Gasteiger partial charge in [0.15, 0.2) is 11.5 Å². The van der Waals surface area contributed by atoms with Crippen LogP contribution < -0.4 is 24.4 Å². The fraction of sp³-hybridized carbons (Fsp3) is 0.333. The molecule has 7 heteroatoms. The molecule has 2 amide bonds. The van der Waals surface area contributed by atoms with E-state index < -0.39 is 0 Å². The predicted molar refractivity (Wildman–Crippen MR) is 143 cm³/mol. The fourth-order valence-corrected chi connectivity index (χ4v) is 5.10. The zero-order chi connectivity index (χ0) is 25.8. The molecule has 1 atom stereocenters. The molecule has 3 aromatic carbocycles. The third kappa shape index (κ3) is 5.56. The van der Waals surface area contributed by atoms with Crippen LogP contribution in [-0.2, 0) is 4.79 Å². The number of nitrogens with one attached hydrogen (secondary N) is 1. The highest BCUT2D eigenvalue weighted by Crippen LogP contribution is 2.38. The van der Waals surface area contributed by atoms with Crippen LogP contribution in [0.15, 0.2) is 66.7 Å². The molecule has 1 saturated carbocycles. The van der Waals surface area contributed by atoms with E-state index in [9.17, 15) is 9.59 Å². The van der Waals surface area contributed by atoms with Crippen molar-refractivity contribution in [2.75, 3.05) is 31.0 Å². The summed E-state index contributed by atoms with van der Waals surface area (Å²) < 4.78 is 17.0. The Labute approximate surface area is 217 Å². The van der Waals surface area contributed by atoms with Crippen LogP contribution in [0.5, 0.6) is 17.2 Å². The summed E-state index contributed by atoms with van der Waals surface area (Å²) in [4.78, 5) is 27.5. The normalized spacial score (nSPS) is 17.6. The van der Waals surface area contributed by atoms with Crippen LogP contribution >= 0.6 is 0 Å². The Balaban J connectivity index is 1.29. The maximum atomic E-state index is 13.0. The maximum Gasteiger partial charge on any atom is 0.255 e. The first kappa shape index (κ1) is 24.7. The minimum absolute atomic E-state index is 0.0434. The molecule has 1 heterocycles. The van der Waals surface area contributed by atoms with Gasteiger partial charge in [-0.3, -0.25) is 9.59 Å². The molecule has 0 bridgehead atoms. The first-order valence-corrected chi connectivity index (χ1v) is 12.7. The Morgan fingerprint density at radius 1 is 0.919 bits per heavy atom. The lowest BCUT2D eigenvalue weighted by Gasteiger charge is -2.20. The first-order valence-electron chi connectivity index (χ1n) is 12.7. The molecule has 5 rings (SSSR count). The van der Waals surface area contributed by atoms with Crippen molar-refractivity contribution in [1.82, 2.24) is 0 Å². The number of anilines is 2.